The molecule has 110 valence electrons. The number of anilines is 1. The van der Waals surface area contributed by atoms with Crippen LogP contribution in [0.4, 0.5) is 10.5 Å². The Morgan fingerprint density at radius 2 is 2.10 bits per heavy atom. The first-order valence-corrected chi connectivity index (χ1v) is 6.97. The summed E-state index contributed by atoms with van der Waals surface area (Å²) in [5, 5.41) is 3.67. The molecule has 2 N–H and O–H groups in total. The van der Waals surface area contributed by atoms with Gasteiger partial charge in [0.25, 0.3) is 0 Å². The summed E-state index contributed by atoms with van der Waals surface area (Å²) >= 11 is 5.89. The zero-order chi connectivity index (χ0) is 14.8. The Morgan fingerprint density at radius 3 is 2.86 bits per heavy atom. The van der Waals surface area contributed by atoms with Gasteiger partial charge in [0.05, 0.1) is 18.7 Å². The van der Waals surface area contributed by atoms with Crippen molar-refractivity contribution in [2.24, 2.45) is 0 Å². The molecule has 0 saturated carbocycles. The molecule has 1 aliphatic rings. The van der Waals surface area contributed by atoms with E-state index in [1.165, 1.54) is 6.20 Å². The minimum absolute atomic E-state index is 0.223. The lowest BCUT2D eigenvalue weighted by molar-refractivity contribution is 0.0564. The molecule has 3 rings (SSSR count). The van der Waals surface area contributed by atoms with E-state index in [-0.39, 0.29) is 17.1 Å². The SMILES string of the molecule is O=C(Nc1c[nH]c2cc(Cl)ccc2c1=O)N1CCOCC1. The van der Waals surface area contributed by atoms with Crippen LogP contribution in [0.1, 0.15) is 0 Å². The van der Waals surface area contributed by atoms with Gasteiger partial charge in [0.15, 0.2) is 0 Å². The van der Waals surface area contributed by atoms with Gasteiger partial charge >= 0.3 is 6.03 Å². The highest BCUT2D eigenvalue weighted by atomic mass is 35.5. The van der Waals surface area contributed by atoms with Crippen LogP contribution >= 0.6 is 11.6 Å². The van der Waals surface area contributed by atoms with E-state index in [1.54, 1.807) is 23.1 Å². The normalized spacial score (nSPS) is 15.2. The summed E-state index contributed by atoms with van der Waals surface area (Å²) in [5.41, 5.74) is 0.625. The maximum atomic E-state index is 12.3. The average molecular weight is 308 g/mol. The number of fused-ring (bicyclic) bond motifs is 1. The van der Waals surface area contributed by atoms with Crippen LogP contribution < -0.4 is 10.7 Å². The van der Waals surface area contributed by atoms with Crippen molar-refractivity contribution in [1.29, 1.82) is 0 Å². The van der Waals surface area contributed by atoms with Crippen LogP contribution in [0.3, 0.4) is 0 Å². The minimum Gasteiger partial charge on any atom is -0.378 e. The van der Waals surface area contributed by atoms with Crippen molar-refractivity contribution in [3.05, 3.63) is 39.6 Å². The minimum atomic E-state index is -0.294. The van der Waals surface area contributed by atoms with Crippen LogP contribution in [-0.2, 0) is 4.74 Å². The van der Waals surface area contributed by atoms with E-state index in [9.17, 15) is 9.59 Å². The summed E-state index contributed by atoms with van der Waals surface area (Å²) in [6, 6.07) is 4.66. The quantitative estimate of drug-likeness (QED) is 0.846. The van der Waals surface area contributed by atoms with E-state index in [4.69, 9.17) is 16.3 Å². The maximum absolute atomic E-state index is 12.3. The third kappa shape index (κ3) is 2.86. The molecule has 0 bridgehead atoms. The molecule has 1 aromatic carbocycles. The van der Waals surface area contributed by atoms with Crippen molar-refractivity contribution < 1.29 is 9.53 Å². The van der Waals surface area contributed by atoms with Crippen LogP contribution in [0.5, 0.6) is 0 Å². The number of benzene rings is 1. The monoisotopic (exact) mass is 307 g/mol. The Labute approximate surface area is 125 Å². The fraction of sp³-hybridized carbons (Fsp3) is 0.286. The summed E-state index contributed by atoms with van der Waals surface area (Å²) < 4.78 is 5.19. The fourth-order valence-corrected chi connectivity index (χ4v) is 2.42. The lowest BCUT2D eigenvalue weighted by Gasteiger charge is -2.26. The molecule has 0 unspecified atom stereocenters. The zero-order valence-corrected chi connectivity index (χ0v) is 11.9. The van der Waals surface area contributed by atoms with Gasteiger partial charge in [-0.15, -0.1) is 0 Å². The Bertz CT molecular complexity index is 738. The number of pyridine rings is 1. The molecule has 7 heteroatoms. The van der Waals surface area contributed by atoms with Gasteiger partial charge in [-0.25, -0.2) is 4.79 Å². The standard InChI is InChI=1S/C14H14ClN3O3/c15-9-1-2-10-11(7-9)16-8-12(13(10)19)17-14(20)18-3-5-21-6-4-18/h1-2,7-8H,3-6H2,(H,16,19)(H,17,20). The number of aromatic amines is 1. The van der Waals surface area contributed by atoms with Gasteiger partial charge in [0.1, 0.15) is 5.69 Å². The summed E-state index contributed by atoms with van der Waals surface area (Å²) in [7, 11) is 0. The Hall–Kier alpha value is -2.05. The molecule has 21 heavy (non-hydrogen) atoms. The first kappa shape index (κ1) is 13.9. The number of carbonyl (C=O) groups excluding carboxylic acids is 1. The molecule has 0 radical (unpaired) electrons. The second-order valence-electron chi connectivity index (χ2n) is 4.75. The van der Waals surface area contributed by atoms with Crippen LogP contribution in [0, 0.1) is 0 Å². The molecule has 6 nitrogen and oxygen atoms in total. The highest BCUT2D eigenvalue weighted by molar-refractivity contribution is 6.31. The molecule has 0 aliphatic carbocycles. The van der Waals surface area contributed by atoms with E-state index in [0.29, 0.717) is 42.2 Å². The number of H-pyrrole nitrogens is 1. The summed E-state index contributed by atoms with van der Waals surface area (Å²) in [6.07, 6.45) is 1.49. The van der Waals surface area contributed by atoms with Gasteiger partial charge in [-0.2, -0.15) is 0 Å². The van der Waals surface area contributed by atoms with Gasteiger partial charge in [0, 0.05) is 29.7 Å². The molecule has 1 saturated heterocycles. The molecule has 1 aliphatic heterocycles. The topological polar surface area (TPSA) is 74.4 Å². The van der Waals surface area contributed by atoms with E-state index in [1.807, 2.05) is 0 Å². The number of hydrogen-bond acceptors (Lipinski definition) is 3. The molecular weight excluding hydrogens is 294 g/mol. The van der Waals surface area contributed by atoms with Crippen LogP contribution in [0.2, 0.25) is 5.02 Å². The number of nitrogens with zero attached hydrogens (tertiary/aromatic N) is 1. The number of aromatic nitrogens is 1. The van der Waals surface area contributed by atoms with Gasteiger partial charge in [0.2, 0.25) is 5.43 Å². The molecule has 0 atom stereocenters. The van der Waals surface area contributed by atoms with Gasteiger partial charge in [-0.1, -0.05) is 11.6 Å². The van der Waals surface area contributed by atoms with Gasteiger partial charge < -0.3 is 19.9 Å². The number of morpholine rings is 1. The Kier molecular flexibility index (Phi) is 3.81. The summed E-state index contributed by atoms with van der Waals surface area (Å²) in [6.45, 7) is 2.07. The van der Waals surface area contributed by atoms with Crippen LogP contribution in [0.15, 0.2) is 29.2 Å². The predicted octanol–water partition coefficient (Wildman–Crippen LogP) is 2.05. The number of hydrogen-bond donors (Lipinski definition) is 2. The highest BCUT2D eigenvalue weighted by Crippen LogP contribution is 2.16. The van der Waals surface area contributed by atoms with Crippen molar-refractivity contribution >= 4 is 34.2 Å². The molecule has 2 amide bonds. The number of halogens is 1. The molecule has 0 spiro atoms. The van der Waals surface area contributed by atoms with Gasteiger partial charge in [-0.3, -0.25) is 4.79 Å². The number of urea groups is 1. The van der Waals surface area contributed by atoms with Crippen molar-refractivity contribution in [1.82, 2.24) is 9.88 Å². The lowest BCUT2D eigenvalue weighted by atomic mass is 10.2. The zero-order valence-electron chi connectivity index (χ0n) is 11.2. The third-order valence-corrected chi connectivity index (χ3v) is 3.62. The fourth-order valence-electron chi connectivity index (χ4n) is 2.25. The summed E-state index contributed by atoms with van der Waals surface area (Å²) in [4.78, 5) is 29.0. The number of carbonyl (C=O) groups is 1. The molecular formula is C14H14ClN3O3. The maximum Gasteiger partial charge on any atom is 0.322 e. The van der Waals surface area contributed by atoms with Crippen molar-refractivity contribution in [3.63, 3.8) is 0 Å². The summed E-state index contributed by atoms with van der Waals surface area (Å²) in [5.74, 6) is 0. The average Bonchev–Trinajstić information content (AvgIpc) is 2.51. The second-order valence-corrected chi connectivity index (χ2v) is 5.19. The van der Waals surface area contributed by atoms with E-state index in [2.05, 4.69) is 10.3 Å². The number of ether oxygens (including phenoxy) is 1. The molecule has 1 fully saturated rings. The first-order valence-electron chi connectivity index (χ1n) is 6.60. The van der Waals surface area contributed by atoms with E-state index < -0.39 is 0 Å². The van der Waals surface area contributed by atoms with E-state index >= 15 is 0 Å². The van der Waals surface area contributed by atoms with Crippen LogP contribution in [0.25, 0.3) is 10.9 Å². The smallest absolute Gasteiger partial charge is 0.322 e. The van der Waals surface area contributed by atoms with Crippen molar-refractivity contribution in [3.8, 4) is 0 Å². The first-order chi connectivity index (χ1) is 10.1. The molecule has 1 aromatic heterocycles. The number of rotatable bonds is 1. The Morgan fingerprint density at radius 1 is 1.33 bits per heavy atom. The predicted molar refractivity (Wildman–Crippen MR) is 81.0 cm³/mol. The molecule has 2 heterocycles. The third-order valence-electron chi connectivity index (χ3n) is 3.38. The number of nitrogens with one attached hydrogen (secondary N) is 2. The second kappa shape index (κ2) is 5.75. The van der Waals surface area contributed by atoms with Gasteiger partial charge in [-0.05, 0) is 18.2 Å². The largest absolute Gasteiger partial charge is 0.378 e. The molecule has 2 aromatic rings. The van der Waals surface area contributed by atoms with Crippen LogP contribution in [-0.4, -0.2) is 42.2 Å². The van der Waals surface area contributed by atoms with E-state index in [0.717, 1.165) is 0 Å². The van der Waals surface area contributed by atoms with Crippen molar-refractivity contribution in [2.75, 3.05) is 31.6 Å². The van der Waals surface area contributed by atoms with Crippen molar-refractivity contribution in [2.45, 2.75) is 0 Å². The highest BCUT2D eigenvalue weighted by Gasteiger charge is 2.18. The lowest BCUT2D eigenvalue weighted by Crippen LogP contribution is -2.43. The Balaban J connectivity index is 1.87. The number of amides is 2.